The average molecular weight is 216 g/mol. The predicted molar refractivity (Wildman–Crippen MR) is 65.1 cm³/mol. The fraction of sp³-hybridized carbons (Fsp3) is 1.00. The first-order valence-corrected chi connectivity index (χ1v) is 6.12. The van der Waals surface area contributed by atoms with Crippen LogP contribution in [0.5, 0.6) is 0 Å². The Morgan fingerprint density at radius 2 is 1.60 bits per heavy atom. The van der Waals surface area contributed by atoms with Gasteiger partial charge in [-0.25, -0.2) is 0 Å². The third-order valence-electron chi connectivity index (χ3n) is 2.40. The van der Waals surface area contributed by atoms with Gasteiger partial charge in [-0.05, 0) is 24.7 Å². The van der Waals surface area contributed by atoms with E-state index in [0.29, 0.717) is 5.92 Å². The Balaban J connectivity index is 3.56. The highest BCUT2D eigenvalue weighted by Gasteiger charge is 2.10. The lowest BCUT2D eigenvalue weighted by Crippen LogP contribution is -2.18. The zero-order valence-electron chi connectivity index (χ0n) is 11.1. The molecule has 0 aliphatic carbocycles. The summed E-state index contributed by atoms with van der Waals surface area (Å²) >= 11 is 0. The van der Waals surface area contributed by atoms with Crippen LogP contribution in [0.15, 0.2) is 0 Å². The van der Waals surface area contributed by atoms with Crippen molar-refractivity contribution in [2.75, 3.05) is 26.9 Å². The Labute approximate surface area is 95.3 Å². The minimum absolute atomic E-state index is 0.558. The Bertz CT molecular complexity index is 132. The summed E-state index contributed by atoms with van der Waals surface area (Å²) in [6.07, 6.45) is 2.34. The summed E-state index contributed by atoms with van der Waals surface area (Å²) in [7, 11) is 1.77. The van der Waals surface area contributed by atoms with E-state index in [1.54, 1.807) is 7.11 Å². The van der Waals surface area contributed by atoms with Gasteiger partial charge in [-0.2, -0.15) is 0 Å². The van der Waals surface area contributed by atoms with Crippen molar-refractivity contribution < 1.29 is 9.47 Å². The van der Waals surface area contributed by atoms with Crippen LogP contribution >= 0.6 is 0 Å². The minimum atomic E-state index is 0.558. The normalized spacial score (nSPS) is 13.8. The van der Waals surface area contributed by atoms with Crippen LogP contribution in [0.25, 0.3) is 0 Å². The first-order chi connectivity index (χ1) is 7.06. The van der Waals surface area contributed by atoms with Crippen LogP contribution in [-0.4, -0.2) is 26.9 Å². The van der Waals surface area contributed by atoms with Crippen molar-refractivity contribution in [1.29, 1.82) is 0 Å². The lowest BCUT2D eigenvalue weighted by Gasteiger charge is -2.18. The summed E-state index contributed by atoms with van der Waals surface area (Å²) in [6, 6.07) is 0. The highest BCUT2D eigenvalue weighted by molar-refractivity contribution is 4.60. The third-order valence-corrected chi connectivity index (χ3v) is 2.40. The highest BCUT2D eigenvalue weighted by atomic mass is 16.5. The Morgan fingerprint density at radius 1 is 0.933 bits per heavy atom. The van der Waals surface area contributed by atoms with Crippen LogP contribution in [0.2, 0.25) is 0 Å². The highest BCUT2D eigenvalue weighted by Crippen LogP contribution is 2.13. The van der Waals surface area contributed by atoms with Gasteiger partial charge in [0.05, 0.1) is 13.2 Å². The van der Waals surface area contributed by atoms with Crippen molar-refractivity contribution in [3.05, 3.63) is 0 Å². The molecule has 0 bridgehead atoms. The molecule has 0 N–H and O–H groups in total. The third kappa shape index (κ3) is 10.2. The molecule has 0 fully saturated rings. The van der Waals surface area contributed by atoms with E-state index >= 15 is 0 Å². The quantitative estimate of drug-likeness (QED) is 0.550. The molecule has 0 spiro atoms. The lowest BCUT2D eigenvalue weighted by atomic mass is 9.99. The zero-order chi connectivity index (χ0) is 11.7. The van der Waals surface area contributed by atoms with E-state index < -0.39 is 0 Å². The van der Waals surface area contributed by atoms with Crippen LogP contribution in [0.4, 0.5) is 0 Å². The largest absolute Gasteiger partial charge is 0.384 e. The Kier molecular flexibility index (Phi) is 9.12. The van der Waals surface area contributed by atoms with Gasteiger partial charge in [-0.3, -0.25) is 0 Å². The summed E-state index contributed by atoms with van der Waals surface area (Å²) in [5.74, 6) is 2.01. The molecule has 15 heavy (non-hydrogen) atoms. The molecule has 2 nitrogen and oxygen atoms in total. The first kappa shape index (κ1) is 14.9. The summed E-state index contributed by atoms with van der Waals surface area (Å²) < 4.78 is 10.9. The van der Waals surface area contributed by atoms with E-state index in [9.17, 15) is 0 Å². The summed E-state index contributed by atoms with van der Waals surface area (Å²) in [4.78, 5) is 0. The Hall–Kier alpha value is -0.0800. The van der Waals surface area contributed by atoms with E-state index in [0.717, 1.165) is 38.1 Å². The average Bonchev–Trinajstić information content (AvgIpc) is 2.11. The van der Waals surface area contributed by atoms with E-state index in [1.807, 2.05) is 0 Å². The molecule has 0 aromatic rings. The molecule has 0 aromatic heterocycles. The van der Waals surface area contributed by atoms with Gasteiger partial charge in [0.25, 0.3) is 0 Å². The van der Waals surface area contributed by atoms with Gasteiger partial charge in [0.15, 0.2) is 0 Å². The zero-order valence-corrected chi connectivity index (χ0v) is 11.1. The van der Waals surface area contributed by atoms with Gasteiger partial charge in [0.1, 0.15) is 0 Å². The Morgan fingerprint density at radius 3 is 2.07 bits per heavy atom. The summed E-state index contributed by atoms with van der Waals surface area (Å²) in [6.45, 7) is 11.5. The van der Waals surface area contributed by atoms with Crippen molar-refractivity contribution in [3.8, 4) is 0 Å². The van der Waals surface area contributed by atoms with Crippen LogP contribution in [0.3, 0.4) is 0 Å². The van der Waals surface area contributed by atoms with Crippen molar-refractivity contribution in [3.63, 3.8) is 0 Å². The van der Waals surface area contributed by atoms with Gasteiger partial charge in [0.2, 0.25) is 0 Å². The number of methoxy groups -OCH3 is 1. The fourth-order valence-electron chi connectivity index (χ4n) is 1.66. The van der Waals surface area contributed by atoms with Gasteiger partial charge >= 0.3 is 0 Å². The number of rotatable bonds is 9. The lowest BCUT2D eigenvalue weighted by molar-refractivity contribution is 0.0449. The number of ether oxygens (including phenoxy) is 2. The first-order valence-electron chi connectivity index (χ1n) is 6.12. The molecule has 1 unspecified atom stereocenters. The molecule has 92 valence electrons. The van der Waals surface area contributed by atoms with Crippen LogP contribution in [-0.2, 0) is 9.47 Å². The second-order valence-electron chi connectivity index (χ2n) is 5.21. The van der Waals surface area contributed by atoms with Crippen molar-refractivity contribution >= 4 is 0 Å². The molecule has 0 rings (SSSR count). The van der Waals surface area contributed by atoms with Gasteiger partial charge in [-0.15, -0.1) is 0 Å². The summed E-state index contributed by atoms with van der Waals surface area (Å²) in [5, 5.41) is 0. The molecule has 0 saturated carbocycles. The van der Waals surface area contributed by atoms with Gasteiger partial charge < -0.3 is 9.47 Å². The molecule has 1 atom stereocenters. The van der Waals surface area contributed by atoms with E-state index in [2.05, 4.69) is 27.7 Å². The van der Waals surface area contributed by atoms with E-state index in [4.69, 9.17) is 9.47 Å². The van der Waals surface area contributed by atoms with E-state index in [-0.39, 0.29) is 0 Å². The smallest absolute Gasteiger partial charge is 0.0516 e. The second kappa shape index (κ2) is 9.17. The maximum Gasteiger partial charge on any atom is 0.0516 e. The SMILES string of the molecule is COCC(COCCC(C)C)CC(C)C. The second-order valence-corrected chi connectivity index (χ2v) is 5.21. The van der Waals surface area contributed by atoms with Crippen molar-refractivity contribution in [2.45, 2.75) is 40.5 Å². The number of hydrogen-bond acceptors (Lipinski definition) is 2. The molecule has 0 saturated heterocycles. The number of hydrogen-bond donors (Lipinski definition) is 0. The molecule has 0 amide bonds. The maximum atomic E-state index is 5.68. The van der Waals surface area contributed by atoms with Crippen LogP contribution in [0.1, 0.15) is 40.5 Å². The molecule has 0 heterocycles. The molecule has 0 radical (unpaired) electrons. The topological polar surface area (TPSA) is 18.5 Å². The van der Waals surface area contributed by atoms with Gasteiger partial charge in [-0.1, -0.05) is 27.7 Å². The van der Waals surface area contributed by atoms with Crippen LogP contribution in [0, 0.1) is 17.8 Å². The molecule has 0 aliphatic heterocycles. The molecule has 2 heteroatoms. The monoisotopic (exact) mass is 216 g/mol. The standard InChI is InChI=1S/C13H28O2/c1-11(2)6-7-15-10-13(9-14-5)8-12(3)4/h11-13H,6-10H2,1-5H3. The minimum Gasteiger partial charge on any atom is -0.384 e. The van der Waals surface area contributed by atoms with Crippen LogP contribution < -0.4 is 0 Å². The van der Waals surface area contributed by atoms with Gasteiger partial charge in [0, 0.05) is 19.6 Å². The molecule has 0 aliphatic rings. The molecular weight excluding hydrogens is 188 g/mol. The molecular formula is C13H28O2. The summed E-state index contributed by atoms with van der Waals surface area (Å²) in [5.41, 5.74) is 0. The van der Waals surface area contributed by atoms with Crippen molar-refractivity contribution in [2.24, 2.45) is 17.8 Å². The van der Waals surface area contributed by atoms with Crippen molar-refractivity contribution in [1.82, 2.24) is 0 Å². The molecule has 0 aromatic carbocycles. The maximum absolute atomic E-state index is 5.68. The van der Waals surface area contributed by atoms with E-state index in [1.165, 1.54) is 6.42 Å². The fourth-order valence-corrected chi connectivity index (χ4v) is 1.66. The predicted octanol–water partition coefficient (Wildman–Crippen LogP) is 3.36.